The molecule has 3 aromatic rings. The first-order valence-corrected chi connectivity index (χ1v) is 6.54. The molecular formula is C15H11FN4O3. The number of aromatic nitrogens is 2. The van der Waals surface area contributed by atoms with Gasteiger partial charge in [-0.1, -0.05) is 0 Å². The molecule has 1 aromatic heterocycles. The van der Waals surface area contributed by atoms with Crippen molar-refractivity contribution in [2.24, 2.45) is 0 Å². The number of nitrogens with zero attached hydrogens (tertiary/aromatic N) is 3. The lowest BCUT2D eigenvalue weighted by atomic mass is 10.2. The highest BCUT2D eigenvalue weighted by molar-refractivity contribution is 5.61. The number of nitrogens with two attached hydrogens (primary N) is 1. The number of anilines is 1. The van der Waals surface area contributed by atoms with Gasteiger partial charge in [-0.2, -0.15) is 0 Å². The predicted molar refractivity (Wildman–Crippen MR) is 81.1 cm³/mol. The second kappa shape index (κ2) is 5.76. The van der Waals surface area contributed by atoms with E-state index in [4.69, 9.17) is 10.5 Å². The largest absolute Gasteiger partial charge is 0.454 e. The van der Waals surface area contributed by atoms with Crippen molar-refractivity contribution >= 4 is 11.4 Å². The zero-order valence-corrected chi connectivity index (χ0v) is 11.7. The number of nitro benzene ring substituents is 1. The Labute approximate surface area is 129 Å². The zero-order valence-electron chi connectivity index (χ0n) is 11.7. The first kappa shape index (κ1) is 14.5. The van der Waals surface area contributed by atoms with Gasteiger partial charge >= 0.3 is 0 Å². The van der Waals surface area contributed by atoms with Crippen LogP contribution in [0.25, 0.3) is 5.69 Å². The lowest BCUT2D eigenvalue weighted by Gasteiger charge is -2.09. The number of benzene rings is 2. The van der Waals surface area contributed by atoms with Crippen molar-refractivity contribution in [1.82, 2.24) is 9.55 Å². The molecule has 1 heterocycles. The van der Waals surface area contributed by atoms with Crippen LogP contribution in [0.2, 0.25) is 0 Å². The van der Waals surface area contributed by atoms with Crippen molar-refractivity contribution in [3.05, 3.63) is 71.1 Å². The van der Waals surface area contributed by atoms with Crippen molar-refractivity contribution in [3.63, 3.8) is 0 Å². The Bertz CT molecular complexity index is 848. The van der Waals surface area contributed by atoms with E-state index in [0.717, 1.165) is 17.8 Å². The molecule has 0 spiro atoms. The average molecular weight is 314 g/mol. The van der Waals surface area contributed by atoms with Crippen LogP contribution < -0.4 is 10.5 Å². The molecule has 0 amide bonds. The third-order valence-electron chi connectivity index (χ3n) is 3.14. The number of ether oxygens (including phenoxy) is 1. The van der Waals surface area contributed by atoms with Crippen molar-refractivity contribution in [3.8, 4) is 17.2 Å². The minimum absolute atomic E-state index is 0.165. The summed E-state index contributed by atoms with van der Waals surface area (Å²) in [6.45, 7) is 0. The highest BCUT2D eigenvalue weighted by Crippen LogP contribution is 2.32. The van der Waals surface area contributed by atoms with Crippen molar-refractivity contribution in [2.45, 2.75) is 0 Å². The highest BCUT2D eigenvalue weighted by Gasteiger charge is 2.17. The fourth-order valence-electron chi connectivity index (χ4n) is 2.02. The van der Waals surface area contributed by atoms with Gasteiger partial charge in [0.05, 0.1) is 17.3 Å². The first-order valence-electron chi connectivity index (χ1n) is 6.54. The van der Waals surface area contributed by atoms with Crippen LogP contribution in [0.5, 0.6) is 11.5 Å². The maximum absolute atomic E-state index is 13.9. The summed E-state index contributed by atoms with van der Waals surface area (Å²) in [4.78, 5) is 13.9. The van der Waals surface area contributed by atoms with Crippen LogP contribution in [-0.2, 0) is 0 Å². The van der Waals surface area contributed by atoms with E-state index in [9.17, 15) is 14.5 Å². The second-order valence-corrected chi connectivity index (χ2v) is 4.66. The molecule has 116 valence electrons. The fraction of sp³-hybridized carbons (Fsp3) is 0. The molecular weight excluding hydrogens is 303 g/mol. The van der Waals surface area contributed by atoms with Gasteiger partial charge in [0.2, 0.25) is 0 Å². The number of halogens is 1. The standard InChI is InChI=1S/C15H11FN4O3/c16-12-7-14(20(21)22)13(17)8-15(12)23-11-3-1-10(2-4-11)19-6-5-18-9-19/h1-9H,17H2. The van der Waals surface area contributed by atoms with Crippen LogP contribution in [0.3, 0.4) is 0 Å². The van der Waals surface area contributed by atoms with Gasteiger partial charge in [0, 0.05) is 24.1 Å². The first-order chi connectivity index (χ1) is 11.0. The quantitative estimate of drug-likeness (QED) is 0.453. The Morgan fingerprint density at radius 3 is 2.61 bits per heavy atom. The molecule has 7 nitrogen and oxygen atoms in total. The van der Waals surface area contributed by atoms with Gasteiger partial charge in [0.1, 0.15) is 11.4 Å². The van der Waals surface area contributed by atoms with E-state index in [2.05, 4.69) is 4.98 Å². The Balaban J connectivity index is 1.85. The molecule has 8 heteroatoms. The highest BCUT2D eigenvalue weighted by atomic mass is 19.1. The van der Waals surface area contributed by atoms with Gasteiger partial charge in [0.25, 0.3) is 5.69 Å². The SMILES string of the molecule is Nc1cc(Oc2ccc(-n3ccnc3)cc2)c(F)cc1[N+](=O)[O-]. The average Bonchev–Trinajstić information content (AvgIpc) is 3.05. The van der Waals surface area contributed by atoms with Crippen molar-refractivity contribution < 1.29 is 14.1 Å². The molecule has 0 saturated carbocycles. The molecule has 0 bridgehead atoms. The van der Waals surface area contributed by atoms with Gasteiger partial charge in [0.15, 0.2) is 11.6 Å². The summed E-state index contributed by atoms with van der Waals surface area (Å²) in [5.41, 5.74) is 5.73. The Morgan fingerprint density at radius 1 is 1.26 bits per heavy atom. The smallest absolute Gasteiger partial charge is 0.295 e. The maximum Gasteiger partial charge on any atom is 0.295 e. The third kappa shape index (κ3) is 2.95. The summed E-state index contributed by atoms with van der Waals surface area (Å²) < 4.78 is 21.1. The number of hydrogen-bond donors (Lipinski definition) is 1. The molecule has 0 fully saturated rings. The number of nitro groups is 1. The summed E-state index contributed by atoms with van der Waals surface area (Å²) >= 11 is 0. The molecule has 0 aliphatic heterocycles. The molecule has 0 unspecified atom stereocenters. The molecule has 0 atom stereocenters. The van der Waals surface area contributed by atoms with Crippen molar-refractivity contribution in [2.75, 3.05) is 5.73 Å². The van der Waals surface area contributed by atoms with Gasteiger partial charge in [-0.05, 0) is 24.3 Å². The van der Waals surface area contributed by atoms with Crippen LogP contribution in [0.15, 0.2) is 55.1 Å². The fourth-order valence-corrected chi connectivity index (χ4v) is 2.02. The van der Waals surface area contributed by atoms with E-state index >= 15 is 0 Å². The number of imidazole rings is 1. The molecule has 0 radical (unpaired) electrons. The molecule has 2 aromatic carbocycles. The molecule has 3 rings (SSSR count). The molecule has 0 aliphatic rings. The lowest BCUT2D eigenvalue weighted by molar-refractivity contribution is -0.384. The van der Waals surface area contributed by atoms with Crippen LogP contribution in [0.4, 0.5) is 15.8 Å². The molecule has 0 aliphatic carbocycles. The van der Waals surface area contributed by atoms with E-state index in [1.54, 1.807) is 47.6 Å². The van der Waals surface area contributed by atoms with Crippen LogP contribution >= 0.6 is 0 Å². The Morgan fingerprint density at radius 2 is 2.00 bits per heavy atom. The van der Waals surface area contributed by atoms with E-state index < -0.39 is 16.4 Å². The second-order valence-electron chi connectivity index (χ2n) is 4.66. The maximum atomic E-state index is 13.9. The van der Waals surface area contributed by atoms with E-state index in [0.29, 0.717) is 5.75 Å². The minimum Gasteiger partial charge on any atom is -0.454 e. The van der Waals surface area contributed by atoms with Gasteiger partial charge in [-0.25, -0.2) is 9.37 Å². The summed E-state index contributed by atoms with van der Waals surface area (Å²) in [6.07, 6.45) is 5.08. The normalized spacial score (nSPS) is 10.5. The topological polar surface area (TPSA) is 96.2 Å². The van der Waals surface area contributed by atoms with E-state index in [1.807, 2.05) is 0 Å². The van der Waals surface area contributed by atoms with E-state index in [1.165, 1.54) is 0 Å². The number of rotatable bonds is 4. The summed E-state index contributed by atoms with van der Waals surface area (Å²) in [7, 11) is 0. The molecule has 23 heavy (non-hydrogen) atoms. The molecule has 0 saturated heterocycles. The minimum atomic E-state index is -0.857. The summed E-state index contributed by atoms with van der Waals surface area (Å²) in [6, 6.07) is 8.66. The van der Waals surface area contributed by atoms with E-state index in [-0.39, 0.29) is 11.4 Å². The summed E-state index contributed by atoms with van der Waals surface area (Å²) in [5, 5.41) is 10.7. The van der Waals surface area contributed by atoms with Crippen molar-refractivity contribution in [1.29, 1.82) is 0 Å². The van der Waals surface area contributed by atoms with Gasteiger partial charge in [-0.15, -0.1) is 0 Å². The summed E-state index contributed by atoms with van der Waals surface area (Å²) in [5.74, 6) is -0.658. The van der Waals surface area contributed by atoms with Crippen LogP contribution in [0.1, 0.15) is 0 Å². The number of nitrogen functional groups attached to an aromatic ring is 1. The predicted octanol–water partition coefficient (Wildman–Crippen LogP) is 3.29. The van der Waals surface area contributed by atoms with Gasteiger partial charge in [-0.3, -0.25) is 10.1 Å². The number of hydrogen-bond acceptors (Lipinski definition) is 5. The Hall–Kier alpha value is -3.42. The van der Waals surface area contributed by atoms with Crippen LogP contribution in [0, 0.1) is 15.9 Å². The Kier molecular flexibility index (Phi) is 3.63. The third-order valence-corrected chi connectivity index (χ3v) is 3.14. The zero-order chi connectivity index (χ0) is 16.4. The van der Waals surface area contributed by atoms with Crippen LogP contribution in [-0.4, -0.2) is 14.5 Å². The van der Waals surface area contributed by atoms with Gasteiger partial charge < -0.3 is 15.0 Å². The molecule has 2 N–H and O–H groups in total. The monoisotopic (exact) mass is 314 g/mol. The lowest BCUT2D eigenvalue weighted by Crippen LogP contribution is -1.98.